The van der Waals surface area contributed by atoms with E-state index >= 15 is 0 Å². The molecule has 1 unspecified atom stereocenters. The Balaban J connectivity index is 1.48. The topological polar surface area (TPSA) is 111 Å². The van der Waals surface area contributed by atoms with Crippen molar-refractivity contribution in [2.75, 3.05) is 13.2 Å². The van der Waals surface area contributed by atoms with Gasteiger partial charge in [-0.15, -0.1) is 0 Å². The SMILES string of the molecule is CCc1ccc2[nH]c(=O)c(CC(NS(=O)(=O)c3ccc4c(c3)OCCO4)c3ccco3)cc2c1. The molecule has 2 N–H and O–H groups in total. The second-order valence-electron chi connectivity index (χ2n) is 8.10. The van der Waals surface area contributed by atoms with E-state index in [0.29, 0.717) is 36.0 Å². The summed E-state index contributed by atoms with van der Waals surface area (Å²) in [6.45, 7) is 2.83. The largest absolute Gasteiger partial charge is 0.486 e. The Bertz CT molecular complexity index is 1490. The molecule has 176 valence electrons. The minimum atomic E-state index is -3.96. The van der Waals surface area contributed by atoms with Crippen LogP contribution in [0.4, 0.5) is 0 Å². The molecule has 2 aromatic heterocycles. The third kappa shape index (κ3) is 4.44. The fraction of sp³-hybridized carbons (Fsp3) is 0.240. The van der Waals surface area contributed by atoms with Gasteiger partial charge in [0.2, 0.25) is 10.0 Å². The molecule has 3 heterocycles. The number of benzene rings is 2. The Labute approximate surface area is 196 Å². The van der Waals surface area contributed by atoms with Crippen molar-refractivity contribution in [3.05, 3.63) is 88.1 Å². The molecular weight excluding hydrogens is 456 g/mol. The predicted molar refractivity (Wildman–Crippen MR) is 127 cm³/mol. The maximum absolute atomic E-state index is 13.3. The molecule has 0 fully saturated rings. The summed E-state index contributed by atoms with van der Waals surface area (Å²) in [6.07, 6.45) is 2.45. The van der Waals surface area contributed by atoms with E-state index in [0.717, 1.165) is 22.9 Å². The van der Waals surface area contributed by atoms with Gasteiger partial charge in [0.05, 0.1) is 17.2 Å². The van der Waals surface area contributed by atoms with Crippen molar-refractivity contribution in [2.45, 2.75) is 30.7 Å². The van der Waals surface area contributed by atoms with E-state index in [1.54, 1.807) is 18.2 Å². The van der Waals surface area contributed by atoms with E-state index in [9.17, 15) is 13.2 Å². The van der Waals surface area contributed by atoms with Crippen LogP contribution < -0.4 is 19.8 Å². The van der Waals surface area contributed by atoms with Crippen molar-refractivity contribution >= 4 is 20.9 Å². The van der Waals surface area contributed by atoms with Crippen LogP contribution in [0, 0.1) is 0 Å². The summed E-state index contributed by atoms with van der Waals surface area (Å²) >= 11 is 0. The van der Waals surface area contributed by atoms with E-state index < -0.39 is 16.1 Å². The van der Waals surface area contributed by atoms with Crippen LogP contribution in [0.25, 0.3) is 10.9 Å². The second-order valence-corrected chi connectivity index (χ2v) is 9.81. The number of furan rings is 1. The second kappa shape index (κ2) is 9.00. The van der Waals surface area contributed by atoms with Gasteiger partial charge in [-0.25, -0.2) is 13.1 Å². The fourth-order valence-corrected chi connectivity index (χ4v) is 5.25. The maximum Gasteiger partial charge on any atom is 0.251 e. The quantitative estimate of drug-likeness (QED) is 0.417. The van der Waals surface area contributed by atoms with E-state index in [-0.39, 0.29) is 16.9 Å². The van der Waals surface area contributed by atoms with Crippen LogP contribution >= 0.6 is 0 Å². The van der Waals surface area contributed by atoms with Crippen molar-refractivity contribution in [1.29, 1.82) is 0 Å². The third-order valence-electron chi connectivity index (χ3n) is 5.83. The van der Waals surface area contributed by atoms with Crippen LogP contribution in [0.15, 0.2) is 75.0 Å². The standard InChI is InChI=1S/C25H24N2O6S/c1-2-16-5-7-20-17(12-16)13-18(25(28)26-20)14-21(22-4-3-9-31-22)27-34(29,30)19-6-8-23-24(15-19)33-11-10-32-23/h3-9,12-13,15,21,27H,2,10-11,14H2,1H3,(H,26,28). The Morgan fingerprint density at radius 3 is 2.62 bits per heavy atom. The summed E-state index contributed by atoms with van der Waals surface area (Å²) in [7, 11) is -3.96. The fourth-order valence-electron chi connectivity index (χ4n) is 4.03. The van der Waals surface area contributed by atoms with Crippen molar-refractivity contribution in [1.82, 2.24) is 9.71 Å². The highest BCUT2D eigenvalue weighted by atomic mass is 32.2. The summed E-state index contributed by atoms with van der Waals surface area (Å²) in [4.78, 5) is 15.7. The van der Waals surface area contributed by atoms with Crippen molar-refractivity contribution in [3.8, 4) is 11.5 Å². The highest BCUT2D eigenvalue weighted by Gasteiger charge is 2.26. The molecular formula is C25H24N2O6S. The Morgan fingerprint density at radius 1 is 1.03 bits per heavy atom. The first-order valence-electron chi connectivity index (χ1n) is 11.0. The molecule has 2 aromatic carbocycles. The van der Waals surface area contributed by atoms with Gasteiger partial charge in [-0.1, -0.05) is 13.0 Å². The number of fused-ring (bicyclic) bond motifs is 2. The summed E-state index contributed by atoms with van der Waals surface area (Å²) < 4.78 is 45.7. The van der Waals surface area contributed by atoms with Crippen molar-refractivity contribution in [3.63, 3.8) is 0 Å². The van der Waals surface area contributed by atoms with Crippen LogP contribution in [-0.2, 0) is 22.9 Å². The lowest BCUT2D eigenvalue weighted by Crippen LogP contribution is -2.31. The maximum atomic E-state index is 13.3. The summed E-state index contributed by atoms with van der Waals surface area (Å²) in [5.41, 5.74) is 2.06. The monoisotopic (exact) mass is 480 g/mol. The molecule has 5 rings (SSSR count). The molecule has 0 bridgehead atoms. The number of sulfonamides is 1. The number of H-pyrrole nitrogens is 1. The zero-order valence-electron chi connectivity index (χ0n) is 18.5. The molecule has 1 atom stereocenters. The zero-order chi connectivity index (χ0) is 23.7. The molecule has 0 radical (unpaired) electrons. The average molecular weight is 481 g/mol. The number of pyridine rings is 1. The Hall–Kier alpha value is -3.56. The molecule has 0 aliphatic carbocycles. The first-order chi connectivity index (χ1) is 16.4. The van der Waals surface area contributed by atoms with E-state index in [1.807, 2.05) is 24.3 Å². The first-order valence-corrected chi connectivity index (χ1v) is 12.5. The molecule has 9 heteroatoms. The van der Waals surface area contributed by atoms with Gasteiger partial charge in [0.1, 0.15) is 19.0 Å². The van der Waals surface area contributed by atoms with Gasteiger partial charge in [0.15, 0.2) is 11.5 Å². The van der Waals surface area contributed by atoms with Gasteiger partial charge in [0.25, 0.3) is 5.56 Å². The van der Waals surface area contributed by atoms with E-state index in [1.165, 1.54) is 18.4 Å². The first kappa shape index (κ1) is 22.2. The van der Waals surface area contributed by atoms with E-state index in [2.05, 4.69) is 16.6 Å². The van der Waals surface area contributed by atoms with E-state index in [4.69, 9.17) is 13.9 Å². The van der Waals surface area contributed by atoms with Crippen molar-refractivity contribution in [2.24, 2.45) is 0 Å². The molecule has 0 spiro atoms. The molecule has 0 saturated carbocycles. The zero-order valence-corrected chi connectivity index (χ0v) is 19.4. The summed E-state index contributed by atoms with van der Waals surface area (Å²) in [5.74, 6) is 1.28. The Morgan fingerprint density at radius 2 is 1.85 bits per heavy atom. The van der Waals surface area contributed by atoms with Crippen LogP contribution in [0.5, 0.6) is 11.5 Å². The lowest BCUT2D eigenvalue weighted by Gasteiger charge is -2.20. The molecule has 4 aromatic rings. The molecule has 1 aliphatic rings. The van der Waals surface area contributed by atoms with Crippen LogP contribution in [0.1, 0.15) is 29.9 Å². The molecule has 0 amide bonds. The van der Waals surface area contributed by atoms with Gasteiger partial charge in [-0.2, -0.15) is 0 Å². The highest BCUT2D eigenvalue weighted by molar-refractivity contribution is 7.89. The molecule has 1 aliphatic heterocycles. The summed E-state index contributed by atoms with van der Waals surface area (Å²) in [6, 6.07) is 14.7. The van der Waals surface area contributed by atoms with Gasteiger partial charge < -0.3 is 18.9 Å². The molecule has 34 heavy (non-hydrogen) atoms. The lowest BCUT2D eigenvalue weighted by atomic mass is 10.0. The van der Waals surface area contributed by atoms with Gasteiger partial charge in [-0.3, -0.25) is 4.79 Å². The van der Waals surface area contributed by atoms with Gasteiger partial charge in [0, 0.05) is 23.6 Å². The van der Waals surface area contributed by atoms with Crippen LogP contribution in [-0.4, -0.2) is 26.6 Å². The smallest absolute Gasteiger partial charge is 0.251 e. The number of nitrogens with one attached hydrogen (secondary N) is 2. The van der Waals surface area contributed by atoms with Gasteiger partial charge in [-0.05, 0) is 59.8 Å². The summed E-state index contributed by atoms with van der Waals surface area (Å²) in [5, 5.41) is 0.891. The minimum absolute atomic E-state index is 0.0355. The number of hydrogen-bond donors (Lipinski definition) is 2. The van der Waals surface area contributed by atoms with Crippen molar-refractivity contribution < 1.29 is 22.3 Å². The molecule has 0 saturated heterocycles. The third-order valence-corrected chi connectivity index (χ3v) is 7.30. The number of aromatic nitrogens is 1. The van der Waals surface area contributed by atoms with Crippen LogP contribution in [0.3, 0.4) is 0 Å². The normalized spacial score (nSPS) is 14.3. The predicted octanol–water partition coefficient (Wildman–Crippen LogP) is 3.72. The highest BCUT2D eigenvalue weighted by Crippen LogP contribution is 2.33. The lowest BCUT2D eigenvalue weighted by molar-refractivity contribution is 0.171. The minimum Gasteiger partial charge on any atom is -0.486 e. The number of aryl methyl sites for hydroxylation is 1. The number of hydrogen-bond acceptors (Lipinski definition) is 6. The number of ether oxygens (including phenoxy) is 2. The van der Waals surface area contributed by atoms with Gasteiger partial charge >= 0.3 is 0 Å². The molecule has 8 nitrogen and oxygen atoms in total. The van der Waals surface area contributed by atoms with Crippen LogP contribution in [0.2, 0.25) is 0 Å². The number of rotatable bonds is 7. The average Bonchev–Trinajstić information content (AvgIpc) is 3.38. The Kier molecular flexibility index (Phi) is 5.89. The number of aromatic amines is 1.